The highest BCUT2D eigenvalue weighted by atomic mass is 16.3. The van der Waals surface area contributed by atoms with Crippen molar-refractivity contribution in [3.63, 3.8) is 0 Å². The van der Waals surface area contributed by atoms with Crippen LogP contribution in [0.25, 0.3) is 0 Å². The van der Waals surface area contributed by atoms with E-state index in [0.29, 0.717) is 28.7 Å². The molecule has 0 spiro atoms. The van der Waals surface area contributed by atoms with Crippen molar-refractivity contribution in [2.24, 2.45) is 0 Å². The molecule has 3 nitrogen and oxygen atoms in total. The van der Waals surface area contributed by atoms with E-state index in [4.69, 9.17) is 0 Å². The van der Waals surface area contributed by atoms with Crippen molar-refractivity contribution in [1.29, 1.82) is 0 Å². The van der Waals surface area contributed by atoms with Gasteiger partial charge in [-0.25, -0.2) is 0 Å². The molecule has 2 aromatic rings. The summed E-state index contributed by atoms with van der Waals surface area (Å²) in [5, 5.41) is 10.6. The maximum absolute atomic E-state index is 12.7. The first-order valence-electron chi connectivity index (χ1n) is 7.75. The highest BCUT2D eigenvalue weighted by Gasteiger charge is 2.33. The van der Waals surface area contributed by atoms with Crippen LogP contribution in [0.3, 0.4) is 0 Å². The highest BCUT2D eigenvalue weighted by molar-refractivity contribution is 6.29. The number of fused-ring (bicyclic) bond motifs is 2. The molecule has 0 amide bonds. The van der Waals surface area contributed by atoms with E-state index in [-0.39, 0.29) is 22.9 Å². The van der Waals surface area contributed by atoms with Gasteiger partial charge in [0.25, 0.3) is 0 Å². The number of ketones is 2. The first-order valence-corrected chi connectivity index (χ1v) is 7.75. The average Bonchev–Trinajstić information content (AvgIpc) is 2.55. The van der Waals surface area contributed by atoms with E-state index in [1.165, 1.54) is 0 Å². The third-order valence-corrected chi connectivity index (χ3v) is 4.24. The van der Waals surface area contributed by atoms with E-state index in [0.717, 1.165) is 12.0 Å². The molecule has 0 radical (unpaired) electrons. The summed E-state index contributed by atoms with van der Waals surface area (Å²) < 4.78 is 0. The molecule has 23 heavy (non-hydrogen) atoms. The van der Waals surface area contributed by atoms with Crippen molar-refractivity contribution in [3.8, 4) is 5.75 Å². The lowest BCUT2D eigenvalue weighted by atomic mass is 9.81. The van der Waals surface area contributed by atoms with Crippen molar-refractivity contribution in [2.75, 3.05) is 0 Å². The molecule has 0 fully saturated rings. The van der Waals surface area contributed by atoms with Gasteiger partial charge in [0, 0.05) is 22.3 Å². The monoisotopic (exact) mass is 306 g/mol. The van der Waals surface area contributed by atoms with Crippen molar-refractivity contribution >= 4 is 11.6 Å². The van der Waals surface area contributed by atoms with Crippen LogP contribution >= 0.6 is 0 Å². The maximum atomic E-state index is 12.7. The second-order valence-corrected chi connectivity index (χ2v) is 5.73. The first-order chi connectivity index (χ1) is 11.1. The van der Waals surface area contributed by atoms with Crippen LogP contribution in [-0.2, 0) is 6.42 Å². The van der Waals surface area contributed by atoms with Gasteiger partial charge in [0.05, 0.1) is 5.56 Å². The van der Waals surface area contributed by atoms with Gasteiger partial charge in [-0.05, 0) is 31.4 Å². The predicted molar refractivity (Wildman–Crippen MR) is 89.3 cm³/mol. The molecule has 0 aliphatic heterocycles. The number of carbonyl (C=O) groups is 2. The molecule has 0 unspecified atom stereocenters. The van der Waals surface area contributed by atoms with E-state index < -0.39 is 0 Å². The summed E-state index contributed by atoms with van der Waals surface area (Å²) in [6.07, 6.45) is 5.44. The Balaban J connectivity index is 2.19. The summed E-state index contributed by atoms with van der Waals surface area (Å²) in [6.45, 7) is 3.89. The van der Waals surface area contributed by atoms with Crippen LogP contribution in [0.2, 0.25) is 0 Å². The molecular weight excluding hydrogens is 288 g/mol. The summed E-state index contributed by atoms with van der Waals surface area (Å²) in [6, 6.07) is 8.48. The quantitative estimate of drug-likeness (QED) is 0.745. The van der Waals surface area contributed by atoms with Gasteiger partial charge in [0.1, 0.15) is 5.75 Å². The van der Waals surface area contributed by atoms with Crippen LogP contribution in [-0.4, -0.2) is 16.7 Å². The van der Waals surface area contributed by atoms with Crippen LogP contribution in [0.4, 0.5) is 0 Å². The van der Waals surface area contributed by atoms with E-state index in [2.05, 4.69) is 0 Å². The number of benzene rings is 2. The molecule has 0 saturated heterocycles. The number of aryl methyl sites for hydroxylation is 1. The van der Waals surface area contributed by atoms with Crippen LogP contribution in [0.15, 0.2) is 42.5 Å². The summed E-state index contributed by atoms with van der Waals surface area (Å²) in [5.74, 6) is -0.550. The molecule has 2 aromatic carbocycles. The lowest BCUT2D eigenvalue weighted by Gasteiger charge is -2.21. The molecule has 0 saturated carbocycles. The van der Waals surface area contributed by atoms with Crippen LogP contribution < -0.4 is 0 Å². The fourth-order valence-electron chi connectivity index (χ4n) is 3.03. The second kappa shape index (κ2) is 5.84. The van der Waals surface area contributed by atoms with Crippen LogP contribution in [0, 0.1) is 6.92 Å². The third-order valence-electron chi connectivity index (χ3n) is 4.24. The summed E-state index contributed by atoms with van der Waals surface area (Å²) in [4.78, 5) is 25.4. The molecule has 0 aromatic heterocycles. The lowest BCUT2D eigenvalue weighted by Crippen LogP contribution is -2.21. The number of hydrogen-bond acceptors (Lipinski definition) is 3. The van der Waals surface area contributed by atoms with Gasteiger partial charge >= 0.3 is 0 Å². The SMILES string of the molecule is CC/C=C/Cc1c(C)cc2c(c1O)C(=O)c1ccccc1C2=O. The van der Waals surface area contributed by atoms with Gasteiger partial charge in [-0.2, -0.15) is 0 Å². The molecule has 3 rings (SSSR count). The van der Waals surface area contributed by atoms with Gasteiger partial charge in [0.15, 0.2) is 11.6 Å². The Morgan fingerprint density at radius 1 is 1.00 bits per heavy atom. The number of phenolic OH excluding ortho intramolecular Hbond substituents is 1. The zero-order valence-electron chi connectivity index (χ0n) is 13.2. The Bertz CT molecular complexity index is 844. The number of rotatable bonds is 3. The summed E-state index contributed by atoms with van der Waals surface area (Å²) in [7, 11) is 0. The number of phenols is 1. The lowest BCUT2D eigenvalue weighted by molar-refractivity contribution is 0.0976. The largest absolute Gasteiger partial charge is 0.507 e. The molecule has 0 atom stereocenters. The Kier molecular flexibility index (Phi) is 3.87. The molecule has 1 N–H and O–H groups in total. The second-order valence-electron chi connectivity index (χ2n) is 5.73. The molecule has 3 heteroatoms. The van der Waals surface area contributed by atoms with Crippen molar-refractivity contribution < 1.29 is 14.7 Å². The van der Waals surface area contributed by atoms with Crippen molar-refractivity contribution in [2.45, 2.75) is 26.7 Å². The van der Waals surface area contributed by atoms with Gasteiger partial charge in [-0.15, -0.1) is 0 Å². The van der Waals surface area contributed by atoms with E-state index in [9.17, 15) is 14.7 Å². The zero-order valence-corrected chi connectivity index (χ0v) is 13.2. The predicted octanol–water partition coefficient (Wildman–Crippen LogP) is 3.98. The Morgan fingerprint density at radius 3 is 2.30 bits per heavy atom. The standard InChI is InChI=1S/C20H18O3/c1-3-4-5-8-13-12(2)11-16-17(19(13)22)20(23)15-10-7-6-9-14(15)18(16)21/h4-7,9-11,22H,3,8H2,1-2H3/b5-4+. The fourth-order valence-corrected chi connectivity index (χ4v) is 3.03. The van der Waals surface area contributed by atoms with E-state index in [1.54, 1.807) is 30.3 Å². The summed E-state index contributed by atoms with van der Waals surface area (Å²) in [5.41, 5.74) is 2.73. The molecule has 0 heterocycles. The van der Waals surface area contributed by atoms with Gasteiger partial charge in [-0.3, -0.25) is 9.59 Å². The van der Waals surface area contributed by atoms with Crippen LogP contribution in [0.5, 0.6) is 5.75 Å². The minimum Gasteiger partial charge on any atom is -0.507 e. The minimum atomic E-state index is -0.284. The molecular formula is C20H18O3. The minimum absolute atomic E-state index is 0.0615. The van der Waals surface area contributed by atoms with Crippen LogP contribution in [0.1, 0.15) is 56.3 Å². The molecule has 116 valence electrons. The molecule has 1 aliphatic rings. The van der Waals surface area contributed by atoms with Crippen molar-refractivity contribution in [1.82, 2.24) is 0 Å². The zero-order chi connectivity index (χ0) is 16.6. The van der Waals surface area contributed by atoms with Gasteiger partial charge < -0.3 is 5.11 Å². The van der Waals surface area contributed by atoms with E-state index >= 15 is 0 Å². The third kappa shape index (κ3) is 2.38. The molecule has 0 bridgehead atoms. The molecule has 1 aliphatic carbocycles. The Labute approximate surface area is 135 Å². The van der Waals surface area contributed by atoms with Gasteiger partial charge in [-0.1, -0.05) is 43.3 Å². The number of aromatic hydroxyl groups is 1. The number of allylic oxidation sites excluding steroid dienone is 2. The highest BCUT2D eigenvalue weighted by Crippen LogP contribution is 2.37. The smallest absolute Gasteiger partial charge is 0.198 e. The first kappa shape index (κ1) is 15.2. The topological polar surface area (TPSA) is 54.4 Å². The normalized spacial score (nSPS) is 13.3. The van der Waals surface area contributed by atoms with Gasteiger partial charge in [0.2, 0.25) is 0 Å². The van der Waals surface area contributed by atoms with E-state index in [1.807, 2.05) is 26.0 Å². The Morgan fingerprint density at radius 2 is 1.65 bits per heavy atom. The maximum Gasteiger partial charge on any atom is 0.198 e. The number of carbonyl (C=O) groups excluding carboxylic acids is 2. The average molecular weight is 306 g/mol. The fraction of sp³-hybridized carbons (Fsp3) is 0.200. The van der Waals surface area contributed by atoms with Crippen molar-refractivity contribution in [3.05, 3.63) is 75.9 Å². The number of hydrogen-bond donors (Lipinski definition) is 1. The summed E-state index contributed by atoms with van der Waals surface area (Å²) >= 11 is 0. The Hall–Kier alpha value is -2.68.